The van der Waals surface area contributed by atoms with Crippen LogP contribution in [0.5, 0.6) is 0 Å². The van der Waals surface area contributed by atoms with Gasteiger partial charge in [-0.15, -0.1) is 0 Å². The summed E-state index contributed by atoms with van der Waals surface area (Å²) in [4.78, 5) is 68.8. The van der Waals surface area contributed by atoms with Gasteiger partial charge in [0.05, 0.1) is 51.7 Å². The van der Waals surface area contributed by atoms with Crippen molar-refractivity contribution in [1.29, 1.82) is 0 Å². The van der Waals surface area contributed by atoms with E-state index in [9.17, 15) is 32.4 Å². The molecule has 0 radical (unpaired) electrons. The maximum absolute atomic E-state index is 14.1. The second-order valence-electron chi connectivity index (χ2n) is 12.8. The number of sulfone groups is 1. The summed E-state index contributed by atoms with van der Waals surface area (Å²) in [6.07, 6.45) is 3.76. The molecule has 0 bridgehead atoms. The lowest BCUT2D eigenvalue weighted by atomic mass is 9.69. The van der Waals surface area contributed by atoms with Crippen molar-refractivity contribution in [3.05, 3.63) is 81.0 Å². The zero-order chi connectivity index (χ0) is 35.1. The zero-order valence-electron chi connectivity index (χ0n) is 27.6. The third-order valence-electron chi connectivity index (χ3n) is 9.52. The molecule has 0 aliphatic carbocycles. The Bertz CT molecular complexity index is 2200. The summed E-state index contributed by atoms with van der Waals surface area (Å²) < 4.78 is 37.1. The molecule has 2 N–H and O–H groups in total. The van der Waals surface area contributed by atoms with Crippen LogP contribution in [0.15, 0.2) is 57.7 Å². The van der Waals surface area contributed by atoms with E-state index in [1.54, 1.807) is 31.2 Å². The SMILES string of the molecule is CCCCC1(CCCC)C(=O)Nc2c(ccc3c(=O)c4cc(C(=O)OCC)cc(NC(=O)C5CS(=O)(=O)Cc6ccccc65)c4oc23)C1=O. The number of carbonyl (C=O) groups excluding carboxylic acids is 4. The third-order valence-corrected chi connectivity index (χ3v) is 11.1. The molecule has 2 aliphatic rings. The minimum atomic E-state index is -3.61. The maximum atomic E-state index is 14.1. The summed E-state index contributed by atoms with van der Waals surface area (Å²) in [7, 11) is -3.61. The monoisotopic (exact) mass is 686 g/mol. The average molecular weight is 687 g/mol. The topological polar surface area (TPSA) is 166 Å². The first-order valence-corrected chi connectivity index (χ1v) is 18.5. The predicted octanol–water partition coefficient (Wildman–Crippen LogP) is 6.28. The van der Waals surface area contributed by atoms with Crippen molar-refractivity contribution in [1.82, 2.24) is 0 Å². The minimum Gasteiger partial charge on any atom is -0.462 e. The van der Waals surface area contributed by atoms with Crippen LogP contribution >= 0.6 is 0 Å². The van der Waals surface area contributed by atoms with Gasteiger partial charge in [-0.3, -0.25) is 19.2 Å². The Morgan fingerprint density at radius 1 is 0.959 bits per heavy atom. The van der Waals surface area contributed by atoms with Gasteiger partial charge in [-0.2, -0.15) is 0 Å². The van der Waals surface area contributed by atoms with Crippen LogP contribution in [0.25, 0.3) is 21.9 Å². The number of rotatable bonds is 10. The number of nitrogens with one attached hydrogen (secondary N) is 2. The fourth-order valence-corrected chi connectivity index (χ4v) is 8.67. The van der Waals surface area contributed by atoms with Crippen molar-refractivity contribution in [2.24, 2.45) is 5.41 Å². The normalized spacial score (nSPS) is 17.7. The zero-order valence-corrected chi connectivity index (χ0v) is 28.5. The summed E-state index contributed by atoms with van der Waals surface area (Å²) in [5.41, 5.74) is -0.738. The molecule has 4 aromatic rings. The molecule has 11 nitrogen and oxygen atoms in total. The lowest BCUT2D eigenvalue weighted by molar-refractivity contribution is -0.124. The third kappa shape index (κ3) is 6.03. The van der Waals surface area contributed by atoms with Gasteiger partial charge in [-0.05, 0) is 55.2 Å². The molecule has 0 saturated heterocycles. The second-order valence-corrected chi connectivity index (χ2v) is 14.9. The smallest absolute Gasteiger partial charge is 0.338 e. The molecule has 0 spiro atoms. The van der Waals surface area contributed by atoms with Crippen LogP contribution in [0.1, 0.15) is 97.1 Å². The molecule has 12 heteroatoms. The highest BCUT2D eigenvalue weighted by Gasteiger charge is 2.49. The molecular weight excluding hydrogens is 648 g/mol. The van der Waals surface area contributed by atoms with Gasteiger partial charge in [0.2, 0.25) is 17.2 Å². The first-order chi connectivity index (χ1) is 23.4. The lowest BCUT2D eigenvalue weighted by Gasteiger charge is -2.35. The summed E-state index contributed by atoms with van der Waals surface area (Å²) in [6.45, 7) is 5.67. The Morgan fingerprint density at radius 3 is 2.37 bits per heavy atom. The number of esters is 1. The van der Waals surface area contributed by atoms with Gasteiger partial charge in [-0.1, -0.05) is 63.8 Å². The number of Topliss-reactive ketones (excluding diaryl/α,β-unsaturated/α-hetero) is 1. The molecule has 0 fully saturated rings. The van der Waals surface area contributed by atoms with Crippen LogP contribution in [-0.4, -0.2) is 44.3 Å². The number of ether oxygens (including phenoxy) is 1. The number of unbranched alkanes of at least 4 members (excludes halogenated alkanes) is 2. The van der Waals surface area contributed by atoms with Gasteiger partial charge in [0, 0.05) is 5.56 Å². The lowest BCUT2D eigenvalue weighted by Crippen LogP contribution is -2.47. The van der Waals surface area contributed by atoms with Crippen LogP contribution in [0.3, 0.4) is 0 Å². The average Bonchev–Trinajstić information content (AvgIpc) is 3.07. The van der Waals surface area contributed by atoms with E-state index >= 15 is 0 Å². The van der Waals surface area contributed by atoms with E-state index < -0.39 is 50.1 Å². The largest absolute Gasteiger partial charge is 0.462 e. The van der Waals surface area contributed by atoms with E-state index in [4.69, 9.17) is 9.15 Å². The van der Waals surface area contributed by atoms with Gasteiger partial charge in [-0.25, -0.2) is 13.2 Å². The fourth-order valence-electron chi connectivity index (χ4n) is 6.97. The number of carbonyl (C=O) groups is 4. The number of amides is 2. The quantitative estimate of drug-likeness (QED) is 0.111. The summed E-state index contributed by atoms with van der Waals surface area (Å²) >= 11 is 0. The minimum absolute atomic E-state index is 0.0361. The number of ketones is 1. The predicted molar refractivity (Wildman–Crippen MR) is 186 cm³/mol. The number of anilines is 2. The maximum Gasteiger partial charge on any atom is 0.338 e. The Labute approximate surface area is 283 Å². The molecular formula is C37H38N2O9S. The van der Waals surface area contributed by atoms with Crippen LogP contribution in [-0.2, 0) is 29.9 Å². The highest BCUT2D eigenvalue weighted by molar-refractivity contribution is 7.90. The Kier molecular flexibility index (Phi) is 9.19. The van der Waals surface area contributed by atoms with Gasteiger partial charge < -0.3 is 19.8 Å². The first-order valence-electron chi connectivity index (χ1n) is 16.6. The van der Waals surface area contributed by atoms with E-state index in [2.05, 4.69) is 10.6 Å². The number of hydrogen-bond donors (Lipinski definition) is 2. The Balaban J connectivity index is 1.53. The van der Waals surface area contributed by atoms with Crippen molar-refractivity contribution in [2.45, 2.75) is 71.0 Å². The first kappa shape index (κ1) is 34.0. The van der Waals surface area contributed by atoms with Gasteiger partial charge in [0.25, 0.3) is 0 Å². The molecule has 2 aliphatic heterocycles. The van der Waals surface area contributed by atoms with E-state index in [1.807, 2.05) is 13.8 Å². The molecule has 1 atom stereocenters. The van der Waals surface area contributed by atoms with E-state index in [0.29, 0.717) is 36.8 Å². The van der Waals surface area contributed by atoms with Gasteiger partial charge >= 0.3 is 5.97 Å². The summed E-state index contributed by atoms with van der Waals surface area (Å²) in [5.74, 6) is -3.92. The van der Waals surface area contributed by atoms with E-state index in [0.717, 1.165) is 12.8 Å². The molecule has 0 saturated carbocycles. The highest BCUT2D eigenvalue weighted by atomic mass is 32.2. The summed E-state index contributed by atoms with van der Waals surface area (Å²) in [6, 6.07) is 12.4. The van der Waals surface area contributed by atoms with E-state index in [1.165, 1.54) is 24.3 Å². The molecule has 1 unspecified atom stereocenters. The van der Waals surface area contributed by atoms with Crippen molar-refractivity contribution >= 4 is 66.7 Å². The fraction of sp³-hybridized carbons (Fsp3) is 0.378. The van der Waals surface area contributed by atoms with Crippen molar-refractivity contribution in [3.8, 4) is 0 Å². The number of fused-ring (bicyclic) bond motifs is 5. The van der Waals surface area contributed by atoms with E-state index in [-0.39, 0.29) is 62.6 Å². The molecule has 3 aromatic carbocycles. The second kappa shape index (κ2) is 13.2. The van der Waals surface area contributed by atoms with Gasteiger partial charge in [0.1, 0.15) is 5.41 Å². The van der Waals surface area contributed by atoms with Crippen molar-refractivity contribution < 1.29 is 36.7 Å². The van der Waals surface area contributed by atoms with Crippen molar-refractivity contribution in [2.75, 3.05) is 23.0 Å². The molecule has 6 rings (SSSR count). The van der Waals surface area contributed by atoms with Crippen LogP contribution < -0.4 is 16.1 Å². The van der Waals surface area contributed by atoms with Gasteiger partial charge in [0.15, 0.2) is 26.8 Å². The van der Waals surface area contributed by atoms with Crippen LogP contribution in [0, 0.1) is 5.41 Å². The number of hydrogen-bond acceptors (Lipinski definition) is 9. The Hall–Kier alpha value is -4.84. The van der Waals surface area contributed by atoms with Crippen LogP contribution in [0.2, 0.25) is 0 Å². The van der Waals surface area contributed by atoms with Crippen LogP contribution in [0.4, 0.5) is 11.4 Å². The molecule has 2 amide bonds. The standard InChI is InChI=1S/C37H38N2O9S/c1-4-7-15-37(16-8-5-2)33(41)24-13-14-25-30(40)26-17-22(35(43)47-6-3)18-28(31(26)48-32(25)29(24)39-36(37)44)38-34(42)27-20-49(45,46)19-21-11-9-10-12-23(21)27/h9-14,17-18,27H,4-8,15-16,19-20H2,1-3H3,(H,38,42)(H,39,44). The molecule has 256 valence electrons. The number of benzene rings is 3. The Morgan fingerprint density at radius 2 is 1.67 bits per heavy atom. The van der Waals surface area contributed by atoms with Crippen molar-refractivity contribution in [3.63, 3.8) is 0 Å². The summed E-state index contributed by atoms with van der Waals surface area (Å²) in [5, 5.41) is 5.61. The molecule has 1 aromatic heterocycles. The molecule has 49 heavy (non-hydrogen) atoms. The molecule has 3 heterocycles. The highest BCUT2D eigenvalue weighted by Crippen LogP contribution is 2.44.